The highest BCUT2D eigenvalue weighted by Crippen LogP contribution is 2.23. The van der Waals surface area contributed by atoms with E-state index in [2.05, 4.69) is 26.6 Å². The van der Waals surface area contributed by atoms with Crippen molar-refractivity contribution in [2.75, 3.05) is 24.3 Å². The highest BCUT2D eigenvalue weighted by Gasteiger charge is 2.07. The second kappa shape index (κ2) is 7.13. The molecule has 2 aromatic rings. The van der Waals surface area contributed by atoms with Crippen molar-refractivity contribution in [2.45, 2.75) is 6.92 Å². The number of halogens is 1. The number of amides is 1. The molecular formula is C16H17BrN2O2. The molecule has 2 aromatic carbocycles. The third-order valence-corrected chi connectivity index (χ3v) is 3.51. The van der Waals surface area contributed by atoms with Crippen molar-refractivity contribution in [1.82, 2.24) is 0 Å². The molecule has 0 saturated carbocycles. The summed E-state index contributed by atoms with van der Waals surface area (Å²) in [6.07, 6.45) is 0. The second-order valence-electron chi connectivity index (χ2n) is 4.56. The Labute approximate surface area is 132 Å². The fraction of sp³-hybridized carbons (Fsp3) is 0.188. The number of hydrogen-bond donors (Lipinski definition) is 2. The highest BCUT2D eigenvalue weighted by molar-refractivity contribution is 9.10. The molecule has 0 unspecified atom stereocenters. The van der Waals surface area contributed by atoms with E-state index >= 15 is 0 Å². The first-order valence-electron chi connectivity index (χ1n) is 6.53. The molecule has 0 aliphatic rings. The second-order valence-corrected chi connectivity index (χ2v) is 5.48. The smallest absolute Gasteiger partial charge is 0.243 e. The van der Waals surface area contributed by atoms with E-state index in [4.69, 9.17) is 4.74 Å². The first-order valence-corrected chi connectivity index (χ1v) is 7.32. The first-order chi connectivity index (χ1) is 10.1. The van der Waals surface area contributed by atoms with E-state index in [1.165, 1.54) is 0 Å². The van der Waals surface area contributed by atoms with Gasteiger partial charge in [-0.2, -0.15) is 0 Å². The maximum Gasteiger partial charge on any atom is 0.243 e. The predicted molar refractivity (Wildman–Crippen MR) is 89.0 cm³/mol. The van der Waals surface area contributed by atoms with Crippen molar-refractivity contribution < 1.29 is 9.53 Å². The number of anilines is 2. The molecule has 4 nitrogen and oxygen atoms in total. The van der Waals surface area contributed by atoms with Gasteiger partial charge in [0.05, 0.1) is 19.3 Å². The molecule has 0 heterocycles. The summed E-state index contributed by atoms with van der Waals surface area (Å²) in [5.41, 5.74) is 2.68. The number of aryl methyl sites for hydroxylation is 1. The van der Waals surface area contributed by atoms with Crippen LogP contribution in [0.4, 0.5) is 11.4 Å². The number of para-hydroxylation sites is 2. The van der Waals surface area contributed by atoms with E-state index in [-0.39, 0.29) is 12.5 Å². The minimum atomic E-state index is -0.126. The Kier molecular flexibility index (Phi) is 5.22. The molecule has 0 radical (unpaired) electrons. The largest absolute Gasteiger partial charge is 0.495 e. The fourth-order valence-electron chi connectivity index (χ4n) is 1.90. The minimum absolute atomic E-state index is 0.126. The van der Waals surface area contributed by atoms with Gasteiger partial charge in [-0.1, -0.05) is 34.1 Å². The molecule has 0 aliphatic heterocycles. The number of methoxy groups -OCH3 is 1. The molecule has 0 spiro atoms. The number of rotatable bonds is 5. The van der Waals surface area contributed by atoms with E-state index in [1.54, 1.807) is 13.2 Å². The monoisotopic (exact) mass is 348 g/mol. The lowest BCUT2D eigenvalue weighted by Gasteiger charge is -2.12. The zero-order chi connectivity index (χ0) is 15.2. The summed E-state index contributed by atoms with van der Waals surface area (Å²) in [6, 6.07) is 13.2. The van der Waals surface area contributed by atoms with Gasteiger partial charge in [-0.25, -0.2) is 0 Å². The lowest BCUT2D eigenvalue weighted by molar-refractivity contribution is -0.114. The van der Waals surface area contributed by atoms with Gasteiger partial charge in [-0.05, 0) is 36.8 Å². The number of carbonyl (C=O) groups excluding carboxylic acids is 1. The van der Waals surface area contributed by atoms with Gasteiger partial charge in [-0.3, -0.25) is 4.79 Å². The van der Waals surface area contributed by atoms with E-state index in [9.17, 15) is 4.79 Å². The Hall–Kier alpha value is -2.01. The highest BCUT2D eigenvalue weighted by atomic mass is 79.9. The summed E-state index contributed by atoms with van der Waals surface area (Å²) in [6.45, 7) is 2.18. The number of ether oxygens (including phenoxy) is 1. The van der Waals surface area contributed by atoms with Gasteiger partial charge >= 0.3 is 0 Å². The van der Waals surface area contributed by atoms with Gasteiger partial charge in [0.15, 0.2) is 0 Å². The number of benzene rings is 2. The molecule has 21 heavy (non-hydrogen) atoms. The number of nitrogens with one attached hydrogen (secondary N) is 2. The summed E-state index contributed by atoms with van der Waals surface area (Å²) in [5.74, 6) is 0.517. The minimum Gasteiger partial charge on any atom is -0.495 e. The van der Waals surface area contributed by atoms with Gasteiger partial charge in [0.25, 0.3) is 0 Å². The van der Waals surface area contributed by atoms with Crippen LogP contribution < -0.4 is 15.4 Å². The zero-order valence-corrected chi connectivity index (χ0v) is 13.5. The Morgan fingerprint density at radius 3 is 2.71 bits per heavy atom. The van der Waals surface area contributed by atoms with E-state index in [1.807, 2.05) is 43.3 Å². The van der Waals surface area contributed by atoms with Crippen LogP contribution in [0, 0.1) is 6.92 Å². The van der Waals surface area contributed by atoms with E-state index in [0.29, 0.717) is 11.4 Å². The summed E-state index contributed by atoms with van der Waals surface area (Å²) in [4.78, 5) is 12.0. The summed E-state index contributed by atoms with van der Waals surface area (Å²) in [7, 11) is 1.58. The molecule has 0 atom stereocenters. The normalized spacial score (nSPS) is 10.0. The van der Waals surface area contributed by atoms with Gasteiger partial charge in [0.2, 0.25) is 5.91 Å². The van der Waals surface area contributed by atoms with Crippen LogP contribution in [-0.4, -0.2) is 19.6 Å². The average molecular weight is 349 g/mol. The maximum atomic E-state index is 12.0. The van der Waals surface area contributed by atoms with Crippen LogP contribution in [0.3, 0.4) is 0 Å². The molecule has 0 fully saturated rings. The first kappa shape index (κ1) is 15.4. The van der Waals surface area contributed by atoms with Crippen molar-refractivity contribution >= 4 is 33.2 Å². The number of carbonyl (C=O) groups is 1. The molecule has 2 rings (SSSR count). The summed E-state index contributed by atoms with van der Waals surface area (Å²) in [5, 5.41) is 5.96. The molecule has 2 N–H and O–H groups in total. The van der Waals surface area contributed by atoms with Crippen molar-refractivity contribution in [1.29, 1.82) is 0 Å². The fourth-order valence-corrected chi connectivity index (χ4v) is 2.26. The van der Waals surface area contributed by atoms with Gasteiger partial charge in [-0.15, -0.1) is 0 Å². The molecule has 110 valence electrons. The van der Waals surface area contributed by atoms with Crippen molar-refractivity contribution in [3.63, 3.8) is 0 Å². The Bertz CT molecular complexity index is 644. The topological polar surface area (TPSA) is 50.4 Å². The SMILES string of the molecule is COc1ccccc1NC(=O)CNc1cc(Br)ccc1C. The Morgan fingerprint density at radius 2 is 1.95 bits per heavy atom. The average Bonchev–Trinajstić information content (AvgIpc) is 2.49. The van der Waals surface area contributed by atoms with Crippen LogP contribution in [0.1, 0.15) is 5.56 Å². The van der Waals surface area contributed by atoms with Crippen LogP contribution in [-0.2, 0) is 4.79 Å². The Balaban J connectivity index is 1.97. The van der Waals surface area contributed by atoms with Crippen LogP contribution in [0.5, 0.6) is 5.75 Å². The third-order valence-electron chi connectivity index (χ3n) is 3.02. The van der Waals surface area contributed by atoms with Crippen molar-refractivity contribution in [3.05, 3.63) is 52.5 Å². The quantitative estimate of drug-likeness (QED) is 0.863. The van der Waals surface area contributed by atoms with E-state index in [0.717, 1.165) is 15.7 Å². The third kappa shape index (κ3) is 4.23. The molecular weight excluding hydrogens is 332 g/mol. The maximum absolute atomic E-state index is 12.0. The lowest BCUT2D eigenvalue weighted by atomic mass is 10.2. The molecule has 0 bridgehead atoms. The molecule has 0 saturated heterocycles. The number of hydrogen-bond acceptors (Lipinski definition) is 3. The van der Waals surface area contributed by atoms with Crippen LogP contribution in [0.15, 0.2) is 46.9 Å². The van der Waals surface area contributed by atoms with Crippen LogP contribution in [0.25, 0.3) is 0 Å². The molecule has 0 aromatic heterocycles. The van der Waals surface area contributed by atoms with Crippen LogP contribution >= 0.6 is 15.9 Å². The summed E-state index contributed by atoms with van der Waals surface area (Å²) < 4.78 is 6.18. The van der Waals surface area contributed by atoms with Crippen molar-refractivity contribution in [3.8, 4) is 5.75 Å². The van der Waals surface area contributed by atoms with Crippen molar-refractivity contribution in [2.24, 2.45) is 0 Å². The lowest BCUT2D eigenvalue weighted by Crippen LogP contribution is -2.22. The molecule has 0 aliphatic carbocycles. The zero-order valence-electron chi connectivity index (χ0n) is 11.9. The standard InChI is InChI=1S/C16H17BrN2O2/c1-11-7-8-12(17)9-14(11)18-10-16(20)19-13-5-3-4-6-15(13)21-2/h3-9,18H,10H2,1-2H3,(H,19,20). The van der Waals surface area contributed by atoms with Gasteiger partial charge in [0.1, 0.15) is 5.75 Å². The van der Waals surface area contributed by atoms with E-state index < -0.39 is 0 Å². The van der Waals surface area contributed by atoms with Gasteiger partial charge < -0.3 is 15.4 Å². The molecule has 5 heteroatoms. The summed E-state index contributed by atoms with van der Waals surface area (Å²) >= 11 is 3.42. The molecule has 1 amide bonds. The Morgan fingerprint density at radius 1 is 1.19 bits per heavy atom. The predicted octanol–water partition coefficient (Wildman–Crippen LogP) is 3.82. The van der Waals surface area contributed by atoms with Gasteiger partial charge in [0, 0.05) is 10.2 Å². The van der Waals surface area contributed by atoms with Crippen LogP contribution in [0.2, 0.25) is 0 Å².